The molecule has 1 rings (SSSR count). The van der Waals surface area contributed by atoms with Crippen molar-refractivity contribution in [1.82, 2.24) is 5.32 Å². The van der Waals surface area contributed by atoms with Crippen LogP contribution in [0.15, 0.2) is 30.3 Å². The molecular weight excluding hydrogens is 206 g/mol. The van der Waals surface area contributed by atoms with Gasteiger partial charge in [0.1, 0.15) is 5.75 Å². The van der Waals surface area contributed by atoms with E-state index in [-0.39, 0.29) is 12.5 Å². The Bertz CT molecular complexity index is 300. The molecule has 0 aliphatic rings. The summed E-state index contributed by atoms with van der Waals surface area (Å²) in [5.74, 6) is 0.624. The van der Waals surface area contributed by atoms with Crippen LogP contribution < -0.4 is 10.1 Å². The Labute approximate surface area is 95.6 Å². The minimum absolute atomic E-state index is 0.246. The molecule has 88 valence electrons. The summed E-state index contributed by atoms with van der Waals surface area (Å²) >= 11 is 0. The highest BCUT2D eigenvalue weighted by Gasteiger charge is 1.97. The van der Waals surface area contributed by atoms with Crippen LogP contribution in [0, 0.1) is 0 Å². The van der Waals surface area contributed by atoms with Crippen molar-refractivity contribution in [3.05, 3.63) is 30.3 Å². The fourth-order valence-electron chi connectivity index (χ4n) is 1.17. The van der Waals surface area contributed by atoms with Crippen molar-refractivity contribution in [2.24, 2.45) is 0 Å². The summed E-state index contributed by atoms with van der Waals surface area (Å²) < 4.78 is 9.98. The number of nitrogens with one attached hydrogen (secondary N) is 1. The molecule has 0 saturated carbocycles. The first-order chi connectivity index (χ1) is 7.83. The number of carbonyl (C=O) groups is 1. The van der Waals surface area contributed by atoms with Crippen LogP contribution in [0.25, 0.3) is 0 Å². The summed E-state index contributed by atoms with van der Waals surface area (Å²) in [6, 6.07) is 9.66. The molecule has 0 atom stereocenters. The molecule has 16 heavy (non-hydrogen) atoms. The van der Waals surface area contributed by atoms with E-state index in [1.165, 1.54) is 7.11 Å². The number of ether oxygens (including phenoxy) is 2. The lowest BCUT2D eigenvalue weighted by Crippen LogP contribution is -2.25. The van der Waals surface area contributed by atoms with Crippen LogP contribution in [0.3, 0.4) is 0 Å². The SMILES string of the molecule is COC(=O)CNCCCOc1ccccc1. The Morgan fingerprint density at radius 2 is 2.06 bits per heavy atom. The van der Waals surface area contributed by atoms with Crippen LogP contribution in [0.1, 0.15) is 6.42 Å². The predicted molar refractivity (Wildman–Crippen MR) is 61.4 cm³/mol. The lowest BCUT2D eigenvalue weighted by Gasteiger charge is -2.06. The Kier molecular flexibility index (Phi) is 6.03. The first kappa shape index (κ1) is 12.5. The number of rotatable bonds is 7. The van der Waals surface area contributed by atoms with E-state index in [0.717, 1.165) is 18.7 Å². The van der Waals surface area contributed by atoms with Crippen molar-refractivity contribution in [2.75, 3.05) is 26.8 Å². The second-order valence-corrected chi connectivity index (χ2v) is 3.27. The summed E-state index contributed by atoms with van der Waals surface area (Å²) in [6.45, 7) is 1.63. The maximum atomic E-state index is 10.8. The Hall–Kier alpha value is -1.55. The van der Waals surface area contributed by atoms with Crippen LogP contribution in [-0.2, 0) is 9.53 Å². The van der Waals surface area contributed by atoms with Crippen LogP contribution in [-0.4, -0.2) is 32.8 Å². The lowest BCUT2D eigenvalue weighted by atomic mass is 10.3. The van der Waals surface area contributed by atoms with E-state index in [1.807, 2.05) is 30.3 Å². The van der Waals surface area contributed by atoms with Crippen LogP contribution in [0.4, 0.5) is 0 Å². The van der Waals surface area contributed by atoms with Gasteiger partial charge in [0.15, 0.2) is 0 Å². The fourth-order valence-corrected chi connectivity index (χ4v) is 1.17. The molecule has 0 bridgehead atoms. The van der Waals surface area contributed by atoms with Gasteiger partial charge in [0, 0.05) is 0 Å². The van der Waals surface area contributed by atoms with Crippen molar-refractivity contribution >= 4 is 5.97 Å². The highest BCUT2D eigenvalue weighted by molar-refractivity contribution is 5.71. The van der Waals surface area contributed by atoms with Gasteiger partial charge in [0.2, 0.25) is 0 Å². The summed E-state index contributed by atoms with van der Waals surface area (Å²) in [7, 11) is 1.38. The molecule has 1 N–H and O–H groups in total. The number of hydrogen-bond donors (Lipinski definition) is 1. The average Bonchev–Trinajstić information content (AvgIpc) is 2.34. The van der Waals surface area contributed by atoms with Gasteiger partial charge in [-0.1, -0.05) is 18.2 Å². The maximum Gasteiger partial charge on any atom is 0.319 e. The largest absolute Gasteiger partial charge is 0.494 e. The quantitative estimate of drug-likeness (QED) is 0.557. The molecule has 0 spiro atoms. The van der Waals surface area contributed by atoms with E-state index in [4.69, 9.17) is 4.74 Å². The lowest BCUT2D eigenvalue weighted by molar-refractivity contribution is -0.139. The number of carbonyl (C=O) groups excluding carboxylic acids is 1. The first-order valence-corrected chi connectivity index (χ1v) is 5.28. The third-order valence-electron chi connectivity index (χ3n) is 2.01. The average molecular weight is 223 g/mol. The minimum atomic E-state index is -0.246. The van der Waals surface area contributed by atoms with E-state index in [1.54, 1.807) is 0 Å². The predicted octanol–water partition coefficient (Wildman–Crippen LogP) is 1.22. The molecule has 1 aromatic carbocycles. The zero-order chi connectivity index (χ0) is 11.6. The molecule has 0 unspecified atom stereocenters. The molecule has 4 nitrogen and oxygen atoms in total. The Morgan fingerprint density at radius 1 is 1.31 bits per heavy atom. The third-order valence-corrected chi connectivity index (χ3v) is 2.01. The molecule has 0 aromatic heterocycles. The van der Waals surface area contributed by atoms with Crippen LogP contribution in [0.5, 0.6) is 5.75 Å². The summed E-state index contributed by atoms with van der Waals surface area (Å²) in [6.07, 6.45) is 0.853. The van der Waals surface area contributed by atoms with Gasteiger partial charge in [-0.2, -0.15) is 0 Å². The van der Waals surface area contributed by atoms with Crippen molar-refractivity contribution in [3.63, 3.8) is 0 Å². The highest BCUT2D eigenvalue weighted by atomic mass is 16.5. The first-order valence-electron chi connectivity index (χ1n) is 5.28. The van der Waals surface area contributed by atoms with E-state index in [0.29, 0.717) is 6.61 Å². The molecule has 0 heterocycles. The van der Waals surface area contributed by atoms with Crippen LogP contribution in [0.2, 0.25) is 0 Å². The van der Waals surface area contributed by atoms with Crippen molar-refractivity contribution in [3.8, 4) is 5.75 Å². The zero-order valence-electron chi connectivity index (χ0n) is 9.44. The number of benzene rings is 1. The number of para-hydroxylation sites is 1. The van der Waals surface area contributed by atoms with Gasteiger partial charge in [-0.25, -0.2) is 0 Å². The summed E-state index contributed by atoms with van der Waals surface area (Å²) in [4.78, 5) is 10.8. The molecule has 0 aliphatic carbocycles. The molecule has 0 fully saturated rings. The normalized spacial score (nSPS) is 9.81. The van der Waals surface area contributed by atoms with E-state index in [2.05, 4.69) is 10.1 Å². The zero-order valence-corrected chi connectivity index (χ0v) is 9.44. The molecule has 0 aliphatic heterocycles. The standard InChI is InChI=1S/C12H17NO3/c1-15-12(14)10-13-8-5-9-16-11-6-3-2-4-7-11/h2-4,6-7,13H,5,8-10H2,1H3. The van der Waals surface area contributed by atoms with Gasteiger partial charge in [0.25, 0.3) is 0 Å². The number of esters is 1. The van der Waals surface area contributed by atoms with Crippen molar-refractivity contribution in [1.29, 1.82) is 0 Å². The van der Waals surface area contributed by atoms with E-state index < -0.39 is 0 Å². The van der Waals surface area contributed by atoms with Gasteiger partial charge in [-0.15, -0.1) is 0 Å². The highest BCUT2D eigenvalue weighted by Crippen LogP contribution is 2.07. The third kappa shape index (κ3) is 5.36. The summed E-state index contributed by atoms with van der Waals surface area (Å²) in [5, 5.41) is 2.97. The second kappa shape index (κ2) is 7.70. The van der Waals surface area contributed by atoms with Gasteiger partial charge < -0.3 is 14.8 Å². The topological polar surface area (TPSA) is 47.6 Å². The van der Waals surface area contributed by atoms with Crippen LogP contribution >= 0.6 is 0 Å². The summed E-state index contributed by atoms with van der Waals surface area (Å²) in [5.41, 5.74) is 0. The van der Waals surface area contributed by atoms with Gasteiger partial charge in [-0.05, 0) is 25.1 Å². The molecule has 0 amide bonds. The number of hydrogen-bond acceptors (Lipinski definition) is 4. The minimum Gasteiger partial charge on any atom is -0.494 e. The van der Waals surface area contributed by atoms with Crippen molar-refractivity contribution in [2.45, 2.75) is 6.42 Å². The van der Waals surface area contributed by atoms with E-state index in [9.17, 15) is 4.79 Å². The molecule has 0 radical (unpaired) electrons. The van der Waals surface area contributed by atoms with Gasteiger partial charge in [-0.3, -0.25) is 4.79 Å². The number of methoxy groups -OCH3 is 1. The van der Waals surface area contributed by atoms with Gasteiger partial charge >= 0.3 is 5.97 Å². The smallest absolute Gasteiger partial charge is 0.319 e. The molecular formula is C12H17NO3. The van der Waals surface area contributed by atoms with E-state index >= 15 is 0 Å². The molecule has 1 aromatic rings. The Morgan fingerprint density at radius 3 is 2.75 bits per heavy atom. The monoisotopic (exact) mass is 223 g/mol. The fraction of sp³-hybridized carbons (Fsp3) is 0.417. The molecule has 4 heteroatoms. The van der Waals surface area contributed by atoms with Crippen molar-refractivity contribution < 1.29 is 14.3 Å². The molecule has 0 saturated heterocycles. The maximum absolute atomic E-state index is 10.8. The Balaban J connectivity index is 1.98. The second-order valence-electron chi connectivity index (χ2n) is 3.27. The van der Waals surface area contributed by atoms with Gasteiger partial charge in [0.05, 0.1) is 20.3 Å².